The molecule has 1 aromatic rings. The van der Waals surface area contributed by atoms with E-state index in [0.717, 1.165) is 50.0 Å². The Hall–Kier alpha value is -2.00. The van der Waals surface area contributed by atoms with E-state index in [0.29, 0.717) is 0 Å². The number of rotatable bonds is 6. The molecule has 25 heavy (non-hydrogen) atoms. The largest absolute Gasteiger partial charge is 0.475 e. The van der Waals surface area contributed by atoms with Gasteiger partial charge in [0.15, 0.2) is 0 Å². The lowest BCUT2D eigenvalue weighted by molar-refractivity contribution is -0.159. The van der Waals surface area contributed by atoms with E-state index in [1.165, 1.54) is 36.6 Å². The molecule has 0 spiro atoms. The lowest BCUT2D eigenvalue weighted by Crippen LogP contribution is -2.25. The first-order valence-electron chi connectivity index (χ1n) is 8.27. The van der Waals surface area contributed by atoms with Crippen molar-refractivity contribution >= 4 is 29.2 Å². The van der Waals surface area contributed by atoms with Gasteiger partial charge in [-0.1, -0.05) is 18.9 Å². The molecule has 0 unspecified atom stereocenters. The van der Waals surface area contributed by atoms with Gasteiger partial charge in [0, 0.05) is 13.1 Å². The highest BCUT2D eigenvalue weighted by Gasteiger charge is 2.21. The SMILES string of the molecule is CN1CCC=C(c2nsnc2OCCCC2CC2)C1.O=C(O)C(=O)O. The van der Waals surface area contributed by atoms with E-state index in [2.05, 4.69) is 26.8 Å². The second kappa shape index (κ2) is 9.47. The van der Waals surface area contributed by atoms with E-state index in [1.54, 1.807) is 0 Å². The average Bonchev–Trinajstić information content (AvgIpc) is 3.28. The standard InChI is InChI=1S/C14H21N3OS.C2H2O4/c1-17-8-2-5-12(10-17)13-14(16-19-15-13)18-9-3-4-11-6-7-11;3-1(4)2(5)6/h5,11H,2-4,6-10H2,1H3;(H,3,4)(H,5,6). The Kier molecular flexibility index (Phi) is 7.32. The van der Waals surface area contributed by atoms with Gasteiger partial charge in [0.2, 0.25) is 0 Å². The average molecular weight is 369 g/mol. The topological polar surface area (TPSA) is 113 Å². The minimum Gasteiger partial charge on any atom is -0.475 e. The van der Waals surface area contributed by atoms with Gasteiger partial charge in [0.25, 0.3) is 5.88 Å². The first-order chi connectivity index (χ1) is 12.0. The molecule has 2 N–H and O–H groups in total. The second-order valence-electron chi connectivity index (χ2n) is 6.22. The summed E-state index contributed by atoms with van der Waals surface area (Å²) in [4.78, 5) is 20.5. The molecule has 2 heterocycles. The van der Waals surface area contributed by atoms with Crippen molar-refractivity contribution in [1.82, 2.24) is 13.6 Å². The molecule has 1 saturated carbocycles. The zero-order valence-electron chi connectivity index (χ0n) is 14.2. The van der Waals surface area contributed by atoms with Crippen LogP contribution in [0.2, 0.25) is 0 Å². The van der Waals surface area contributed by atoms with Gasteiger partial charge in [-0.15, -0.1) is 4.37 Å². The molecule has 9 heteroatoms. The van der Waals surface area contributed by atoms with E-state index >= 15 is 0 Å². The lowest BCUT2D eigenvalue weighted by Gasteiger charge is -2.22. The number of carbonyl (C=O) groups is 2. The Balaban J connectivity index is 0.000000326. The Morgan fingerprint density at radius 1 is 1.32 bits per heavy atom. The van der Waals surface area contributed by atoms with Gasteiger partial charge in [0.1, 0.15) is 5.69 Å². The van der Waals surface area contributed by atoms with Crippen LogP contribution in [0.15, 0.2) is 6.08 Å². The number of carboxylic acid groups (broad SMARTS) is 2. The van der Waals surface area contributed by atoms with Gasteiger partial charge in [-0.25, -0.2) is 9.59 Å². The zero-order chi connectivity index (χ0) is 18.2. The number of ether oxygens (including phenoxy) is 1. The third kappa shape index (κ3) is 6.79. The Bertz CT molecular complexity index is 615. The van der Waals surface area contributed by atoms with E-state index < -0.39 is 11.9 Å². The highest BCUT2D eigenvalue weighted by atomic mass is 32.1. The molecule has 0 saturated heterocycles. The lowest BCUT2D eigenvalue weighted by atomic mass is 10.1. The molecule has 0 amide bonds. The normalized spacial score (nSPS) is 17.2. The van der Waals surface area contributed by atoms with Crippen molar-refractivity contribution in [3.63, 3.8) is 0 Å². The fraction of sp³-hybridized carbons (Fsp3) is 0.625. The first-order valence-corrected chi connectivity index (χ1v) is 9.00. The molecule has 0 bridgehead atoms. The maximum atomic E-state index is 9.10. The Labute approximate surface area is 150 Å². The minimum atomic E-state index is -1.82. The van der Waals surface area contributed by atoms with Crippen LogP contribution in [0.3, 0.4) is 0 Å². The molecule has 1 fully saturated rings. The number of aliphatic carboxylic acids is 2. The van der Waals surface area contributed by atoms with Gasteiger partial charge >= 0.3 is 11.9 Å². The number of nitrogens with zero attached hydrogens (tertiary/aromatic N) is 3. The summed E-state index contributed by atoms with van der Waals surface area (Å²) in [7, 11) is 2.14. The number of aromatic nitrogens is 2. The molecular formula is C16H23N3O5S. The molecule has 0 aromatic carbocycles. The monoisotopic (exact) mass is 369 g/mol. The Morgan fingerprint density at radius 3 is 2.64 bits per heavy atom. The van der Waals surface area contributed by atoms with Gasteiger partial charge in [-0.05, 0) is 37.8 Å². The van der Waals surface area contributed by atoms with Crippen LogP contribution in [0.4, 0.5) is 0 Å². The van der Waals surface area contributed by atoms with Crippen molar-refractivity contribution in [2.24, 2.45) is 5.92 Å². The summed E-state index contributed by atoms with van der Waals surface area (Å²) in [5.74, 6) is -1.93. The summed E-state index contributed by atoms with van der Waals surface area (Å²) in [5.41, 5.74) is 2.22. The first kappa shape index (κ1) is 19.3. The molecular weight excluding hydrogens is 346 g/mol. The third-order valence-corrected chi connectivity index (χ3v) is 4.49. The fourth-order valence-corrected chi connectivity index (χ4v) is 3.01. The molecule has 3 rings (SSSR count). The van der Waals surface area contributed by atoms with Crippen LogP contribution in [0.25, 0.3) is 5.57 Å². The van der Waals surface area contributed by atoms with Crippen molar-refractivity contribution in [2.75, 3.05) is 26.7 Å². The van der Waals surface area contributed by atoms with Crippen LogP contribution in [0.5, 0.6) is 5.88 Å². The molecule has 1 aromatic heterocycles. The number of hydrogen-bond donors (Lipinski definition) is 2. The number of likely N-dealkylation sites (N-methyl/N-ethyl adjacent to an activating group) is 1. The maximum Gasteiger partial charge on any atom is 0.414 e. The van der Waals surface area contributed by atoms with Crippen molar-refractivity contribution < 1.29 is 24.5 Å². The second-order valence-corrected chi connectivity index (χ2v) is 6.75. The van der Waals surface area contributed by atoms with Gasteiger partial charge in [0.05, 0.1) is 18.3 Å². The highest BCUT2D eigenvalue weighted by molar-refractivity contribution is 6.99. The van der Waals surface area contributed by atoms with Crippen molar-refractivity contribution in [3.05, 3.63) is 11.8 Å². The molecule has 2 aliphatic rings. The quantitative estimate of drug-likeness (QED) is 0.578. The van der Waals surface area contributed by atoms with E-state index in [-0.39, 0.29) is 0 Å². The fourth-order valence-electron chi connectivity index (χ4n) is 2.48. The number of hydrogen-bond acceptors (Lipinski definition) is 7. The third-order valence-electron chi connectivity index (χ3n) is 3.98. The summed E-state index contributed by atoms with van der Waals surface area (Å²) in [6.45, 7) is 2.85. The molecule has 1 aliphatic carbocycles. The summed E-state index contributed by atoms with van der Waals surface area (Å²) in [6, 6.07) is 0. The van der Waals surface area contributed by atoms with Crippen LogP contribution in [0.1, 0.15) is 37.8 Å². The van der Waals surface area contributed by atoms with Crippen molar-refractivity contribution in [3.8, 4) is 5.88 Å². The highest BCUT2D eigenvalue weighted by Crippen LogP contribution is 2.33. The summed E-state index contributed by atoms with van der Waals surface area (Å²) in [6.07, 6.45) is 8.64. The molecule has 8 nitrogen and oxygen atoms in total. The molecule has 0 atom stereocenters. The summed E-state index contributed by atoms with van der Waals surface area (Å²) < 4.78 is 14.5. The van der Waals surface area contributed by atoms with Gasteiger partial charge in [-0.3, -0.25) is 0 Å². The zero-order valence-corrected chi connectivity index (χ0v) is 15.0. The van der Waals surface area contributed by atoms with Crippen LogP contribution in [-0.2, 0) is 9.59 Å². The molecule has 0 radical (unpaired) electrons. The maximum absolute atomic E-state index is 9.10. The van der Waals surface area contributed by atoms with Crippen LogP contribution >= 0.6 is 11.7 Å². The summed E-state index contributed by atoms with van der Waals surface area (Å²) >= 11 is 1.25. The Morgan fingerprint density at radius 2 is 2.04 bits per heavy atom. The van der Waals surface area contributed by atoms with E-state index in [4.69, 9.17) is 24.5 Å². The van der Waals surface area contributed by atoms with Gasteiger partial charge < -0.3 is 19.8 Å². The van der Waals surface area contributed by atoms with Crippen molar-refractivity contribution in [1.29, 1.82) is 0 Å². The van der Waals surface area contributed by atoms with E-state index in [1.807, 2.05) is 0 Å². The van der Waals surface area contributed by atoms with Gasteiger partial charge in [-0.2, -0.15) is 4.37 Å². The predicted molar refractivity (Wildman–Crippen MR) is 92.7 cm³/mol. The number of carboxylic acids is 2. The predicted octanol–water partition coefficient (Wildman–Crippen LogP) is 1.98. The van der Waals surface area contributed by atoms with Crippen LogP contribution < -0.4 is 4.74 Å². The smallest absolute Gasteiger partial charge is 0.414 e. The minimum absolute atomic E-state index is 0.738. The van der Waals surface area contributed by atoms with E-state index in [9.17, 15) is 0 Å². The van der Waals surface area contributed by atoms with Crippen LogP contribution in [-0.4, -0.2) is 62.5 Å². The molecule has 1 aliphatic heterocycles. The summed E-state index contributed by atoms with van der Waals surface area (Å²) in [5, 5.41) is 14.8. The van der Waals surface area contributed by atoms with Crippen molar-refractivity contribution in [2.45, 2.75) is 32.1 Å². The van der Waals surface area contributed by atoms with Crippen LogP contribution in [0, 0.1) is 5.92 Å². The molecule has 138 valence electrons.